The van der Waals surface area contributed by atoms with Crippen molar-refractivity contribution >= 4 is 5.97 Å². The first-order chi connectivity index (χ1) is 19.1. The molecule has 1 unspecified atom stereocenters. The summed E-state index contributed by atoms with van der Waals surface area (Å²) in [5.41, 5.74) is 1.61. The Labute approximate surface area is 238 Å². The van der Waals surface area contributed by atoms with E-state index in [1.54, 1.807) is 6.07 Å². The molecule has 1 aromatic carbocycles. The number of hydrogen-bond acceptors (Lipinski definition) is 4. The molecule has 0 aliphatic rings. The summed E-state index contributed by atoms with van der Waals surface area (Å²) < 4.78 is 21.3. The van der Waals surface area contributed by atoms with Gasteiger partial charge in [-0.15, -0.1) is 0 Å². The van der Waals surface area contributed by atoms with Crippen molar-refractivity contribution in [2.45, 2.75) is 116 Å². The molecule has 6 heteroatoms. The second-order valence-electron chi connectivity index (χ2n) is 10.8. The van der Waals surface area contributed by atoms with E-state index in [9.17, 15) is 4.79 Å². The molecule has 0 N–H and O–H groups in total. The van der Waals surface area contributed by atoms with Gasteiger partial charge in [0.15, 0.2) is 0 Å². The number of unbranched alkanes of at least 4 members (excludes halogenated alkanes) is 13. The molecule has 0 aliphatic carbocycles. The summed E-state index contributed by atoms with van der Waals surface area (Å²) >= 11 is 0. The third kappa shape index (κ3) is 15.9. The van der Waals surface area contributed by atoms with Crippen LogP contribution in [0.2, 0.25) is 0 Å². The molecular weight excluding hydrogens is 488 g/mol. The van der Waals surface area contributed by atoms with Crippen molar-refractivity contribution in [1.82, 2.24) is 4.57 Å². The van der Waals surface area contributed by atoms with Gasteiger partial charge in [-0.2, -0.15) is 0 Å². The van der Waals surface area contributed by atoms with Gasteiger partial charge in [0.1, 0.15) is 31.6 Å². The number of esters is 1. The molecule has 0 radical (unpaired) electrons. The maximum absolute atomic E-state index is 12.7. The molecule has 6 nitrogen and oxygen atoms in total. The van der Waals surface area contributed by atoms with Crippen molar-refractivity contribution in [2.75, 3.05) is 26.4 Å². The monoisotopic (exact) mass is 543 g/mol. The Morgan fingerprint density at radius 2 is 1.51 bits per heavy atom. The fourth-order valence-electron chi connectivity index (χ4n) is 4.85. The minimum absolute atomic E-state index is 0.197. The summed E-state index contributed by atoms with van der Waals surface area (Å²) in [5.74, 6) is -0.327. The number of benzene rings is 1. The van der Waals surface area contributed by atoms with Gasteiger partial charge in [-0.3, -0.25) is 0 Å². The zero-order valence-corrected chi connectivity index (χ0v) is 25.1. The summed E-state index contributed by atoms with van der Waals surface area (Å²) in [6.07, 6.45) is 24.7. The van der Waals surface area contributed by atoms with Crippen molar-refractivity contribution in [3.63, 3.8) is 0 Å². The van der Waals surface area contributed by atoms with E-state index in [0.717, 1.165) is 18.6 Å². The predicted octanol–water partition coefficient (Wildman–Crippen LogP) is 7.42. The molecule has 2 rings (SSSR count). The Bertz CT molecular complexity index is 882. The van der Waals surface area contributed by atoms with Crippen molar-refractivity contribution in [3.05, 3.63) is 54.1 Å². The zero-order chi connectivity index (χ0) is 28.0. The zero-order valence-electron chi connectivity index (χ0n) is 25.1. The summed E-state index contributed by atoms with van der Waals surface area (Å²) in [6.45, 7) is 6.88. The maximum atomic E-state index is 12.7. The third-order valence-electron chi connectivity index (χ3n) is 7.10. The van der Waals surface area contributed by atoms with Crippen LogP contribution in [0.15, 0.2) is 43.0 Å². The van der Waals surface area contributed by atoms with Crippen LogP contribution in [0.25, 0.3) is 0 Å². The van der Waals surface area contributed by atoms with Crippen LogP contribution in [0.4, 0.5) is 0 Å². The fourth-order valence-corrected chi connectivity index (χ4v) is 4.85. The highest BCUT2D eigenvalue weighted by Gasteiger charge is 2.15. The van der Waals surface area contributed by atoms with Crippen LogP contribution >= 0.6 is 0 Å². The lowest BCUT2D eigenvalue weighted by Crippen LogP contribution is -2.27. The molecule has 0 amide bonds. The molecule has 0 aliphatic heterocycles. The highest BCUT2D eigenvalue weighted by molar-refractivity contribution is 5.89. The summed E-state index contributed by atoms with van der Waals surface area (Å²) in [6, 6.07) is 7.60. The van der Waals surface area contributed by atoms with Gasteiger partial charge >= 0.3 is 5.97 Å². The van der Waals surface area contributed by atoms with Gasteiger partial charge in [0.25, 0.3) is 0 Å². The van der Waals surface area contributed by atoms with Crippen LogP contribution in [0.5, 0.6) is 0 Å². The highest BCUT2D eigenvalue weighted by Crippen LogP contribution is 2.13. The van der Waals surface area contributed by atoms with Crippen LogP contribution in [0, 0.1) is 0 Å². The Morgan fingerprint density at radius 1 is 0.872 bits per heavy atom. The SMILES string of the molecule is CCCCCCCCCCCCCCCCOCC(COC(=O)c1cccc(Cn2cc[n+](C)c2)c1)OCC. The van der Waals surface area contributed by atoms with Crippen LogP contribution in [-0.4, -0.2) is 43.1 Å². The number of nitrogens with zero attached hydrogens (tertiary/aromatic N) is 2. The van der Waals surface area contributed by atoms with E-state index in [2.05, 4.69) is 11.5 Å². The molecule has 39 heavy (non-hydrogen) atoms. The summed E-state index contributed by atoms with van der Waals surface area (Å²) in [5, 5.41) is 0. The first-order valence-corrected chi connectivity index (χ1v) is 15.6. The average Bonchev–Trinajstić information content (AvgIpc) is 3.35. The van der Waals surface area contributed by atoms with E-state index >= 15 is 0 Å². The average molecular weight is 544 g/mol. The first kappa shape index (κ1) is 33.0. The molecule has 0 saturated carbocycles. The summed E-state index contributed by atoms with van der Waals surface area (Å²) in [4.78, 5) is 12.7. The van der Waals surface area contributed by atoms with E-state index in [1.807, 2.05) is 55.5 Å². The van der Waals surface area contributed by atoms with Gasteiger partial charge in [0, 0.05) is 13.2 Å². The minimum atomic E-state index is -0.327. The van der Waals surface area contributed by atoms with E-state index in [-0.39, 0.29) is 18.7 Å². The second kappa shape index (κ2) is 21.6. The molecule has 0 spiro atoms. The number of imidazole rings is 1. The van der Waals surface area contributed by atoms with E-state index in [1.165, 1.54) is 83.5 Å². The highest BCUT2D eigenvalue weighted by atomic mass is 16.6. The smallest absolute Gasteiger partial charge is 0.338 e. The third-order valence-corrected chi connectivity index (χ3v) is 7.10. The van der Waals surface area contributed by atoms with Gasteiger partial charge in [-0.05, 0) is 31.0 Å². The van der Waals surface area contributed by atoms with Crippen molar-refractivity contribution in [1.29, 1.82) is 0 Å². The molecule has 2 aromatic rings. The minimum Gasteiger partial charge on any atom is -0.459 e. The number of carbonyl (C=O) groups excluding carboxylic acids is 1. The normalized spacial score (nSPS) is 12.1. The van der Waals surface area contributed by atoms with Crippen LogP contribution in [0.3, 0.4) is 0 Å². The quantitative estimate of drug-likeness (QED) is 0.0785. The van der Waals surface area contributed by atoms with Gasteiger partial charge in [0.05, 0.1) is 19.2 Å². The van der Waals surface area contributed by atoms with Crippen LogP contribution in [0.1, 0.15) is 120 Å². The van der Waals surface area contributed by atoms with Gasteiger partial charge in [-0.1, -0.05) is 103 Å². The molecule has 1 heterocycles. The standard InChI is InChI=1S/C33H55N2O4/c1-4-6-7-8-9-10-11-12-13-14-15-16-17-18-24-37-27-32(38-5-2)28-39-33(36)31-21-19-20-30(25-31)26-35-23-22-34(3)29-35/h19-23,25,29,32H,4-18,24,26-28H2,1-3H3/q+1. The first-order valence-electron chi connectivity index (χ1n) is 15.6. The van der Waals surface area contributed by atoms with Gasteiger partial charge in [-0.25, -0.2) is 13.9 Å². The fraction of sp³-hybridized carbons (Fsp3) is 0.697. The summed E-state index contributed by atoms with van der Waals surface area (Å²) in [7, 11) is 1.99. The molecular formula is C33H55N2O4+. The molecule has 0 bridgehead atoms. The topological polar surface area (TPSA) is 53.6 Å². The Balaban J connectivity index is 1.51. The number of carbonyl (C=O) groups is 1. The molecule has 0 saturated heterocycles. The number of aromatic nitrogens is 2. The lowest BCUT2D eigenvalue weighted by molar-refractivity contribution is -0.671. The second-order valence-corrected chi connectivity index (χ2v) is 10.8. The Morgan fingerprint density at radius 3 is 2.10 bits per heavy atom. The lowest BCUT2D eigenvalue weighted by Gasteiger charge is -2.17. The van der Waals surface area contributed by atoms with Crippen LogP contribution in [-0.2, 0) is 27.8 Å². The molecule has 0 fully saturated rings. The van der Waals surface area contributed by atoms with Crippen molar-refractivity contribution in [2.24, 2.45) is 7.05 Å². The molecule has 1 aromatic heterocycles. The number of ether oxygens (including phenoxy) is 3. The van der Waals surface area contributed by atoms with E-state index < -0.39 is 0 Å². The van der Waals surface area contributed by atoms with Gasteiger partial charge in [0.2, 0.25) is 6.33 Å². The van der Waals surface area contributed by atoms with E-state index in [4.69, 9.17) is 14.2 Å². The predicted molar refractivity (Wildman–Crippen MR) is 158 cm³/mol. The van der Waals surface area contributed by atoms with E-state index in [0.29, 0.717) is 25.3 Å². The van der Waals surface area contributed by atoms with Crippen LogP contribution < -0.4 is 4.57 Å². The van der Waals surface area contributed by atoms with Crippen molar-refractivity contribution < 1.29 is 23.6 Å². The Kier molecular flexibility index (Phi) is 18.3. The largest absolute Gasteiger partial charge is 0.459 e. The maximum Gasteiger partial charge on any atom is 0.338 e. The van der Waals surface area contributed by atoms with Gasteiger partial charge < -0.3 is 14.2 Å². The number of hydrogen-bond donors (Lipinski definition) is 0. The molecule has 1 atom stereocenters. The lowest BCUT2D eigenvalue weighted by atomic mass is 10.0. The number of rotatable bonds is 24. The molecule has 220 valence electrons. The Hall–Kier alpha value is -2.18. The van der Waals surface area contributed by atoms with Crippen molar-refractivity contribution in [3.8, 4) is 0 Å². The number of aryl methyl sites for hydroxylation is 1.